The van der Waals surface area contributed by atoms with Gasteiger partial charge >= 0.3 is 0 Å². The van der Waals surface area contributed by atoms with Gasteiger partial charge in [0.25, 0.3) is 0 Å². The molecule has 0 unspecified atom stereocenters. The maximum absolute atomic E-state index is 13.7. The number of rotatable bonds is 8. The van der Waals surface area contributed by atoms with E-state index in [-0.39, 0.29) is 30.5 Å². The highest BCUT2D eigenvalue weighted by Gasteiger charge is 2.34. The van der Waals surface area contributed by atoms with Crippen LogP contribution in [0.2, 0.25) is 0 Å². The lowest BCUT2D eigenvalue weighted by Crippen LogP contribution is -2.55. The quantitative estimate of drug-likeness (QED) is 0.328. The molecule has 2 aromatic carbocycles. The van der Waals surface area contributed by atoms with E-state index in [1.54, 1.807) is 19.1 Å². The van der Waals surface area contributed by atoms with Crippen LogP contribution in [0.25, 0.3) is 0 Å². The van der Waals surface area contributed by atoms with Crippen molar-refractivity contribution in [3.8, 4) is 5.75 Å². The highest BCUT2D eigenvalue weighted by Crippen LogP contribution is 2.42. The van der Waals surface area contributed by atoms with Gasteiger partial charge in [0.05, 0.1) is 32.0 Å². The Morgan fingerprint density at radius 3 is 2.68 bits per heavy atom. The van der Waals surface area contributed by atoms with E-state index in [0.29, 0.717) is 25.9 Å². The molecule has 222 valence electrons. The first-order valence-corrected chi connectivity index (χ1v) is 14.9. The Hall–Kier alpha value is -3.20. The Morgan fingerprint density at radius 2 is 1.93 bits per heavy atom. The summed E-state index contributed by atoms with van der Waals surface area (Å²) < 4.78 is 11.7. The Kier molecular flexibility index (Phi) is 11.4. The molecule has 0 spiro atoms. The second-order valence-electron chi connectivity index (χ2n) is 11.1. The Morgan fingerprint density at radius 1 is 1.12 bits per heavy atom. The number of carbonyl (C=O) groups is 2. The number of β-amino-alcohol motifs (C(OH)–C–C–N with tert-alkyl or cyclic N) is 1. The van der Waals surface area contributed by atoms with Crippen LogP contribution < -0.4 is 15.4 Å². The number of fused-ring (bicyclic) bond motifs is 5. The van der Waals surface area contributed by atoms with Gasteiger partial charge in [-0.1, -0.05) is 68.3 Å². The average molecular weight is 564 g/mol. The van der Waals surface area contributed by atoms with E-state index in [9.17, 15) is 14.7 Å². The minimum atomic E-state index is -0.861. The van der Waals surface area contributed by atoms with E-state index >= 15 is 0 Å². The summed E-state index contributed by atoms with van der Waals surface area (Å²) in [6.07, 6.45) is 7.65. The van der Waals surface area contributed by atoms with Gasteiger partial charge in [0.2, 0.25) is 11.8 Å². The number of methoxy groups -OCH3 is 1. The summed E-state index contributed by atoms with van der Waals surface area (Å²) in [6.45, 7) is 2.77. The van der Waals surface area contributed by atoms with Gasteiger partial charge in [-0.25, -0.2) is 0 Å². The number of benzene rings is 2. The van der Waals surface area contributed by atoms with Gasteiger partial charge in [0, 0.05) is 26.1 Å². The van der Waals surface area contributed by atoms with Crippen molar-refractivity contribution in [2.24, 2.45) is 0 Å². The van der Waals surface area contributed by atoms with E-state index in [0.717, 1.165) is 48.1 Å². The van der Waals surface area contributed by atoms with E-state index in [1.165, 1.54) is 0 Å². The molecule has 41 heavy (non-hydrogen) atoms. The predicted molar refractivity (Wildman–Crippen MR) is 160 cm³/mol. The number of likely N-dealkylation sites (N-methyl/N-ethyl adjacent to an activating group) is 1. The van der Waals surface area contributed by atoms with Gasteiger partial charge in [-0.15, -0.1) is 0 Å². The Balaban J connectivity index is 1.60. The molecule has 1 aliphatic carbocycles. The molecule has 0 aromatic heterocycles. The Labute approximate surface area is 244 Å². The fourth-order valence-corrected chi connectivity index (χ4v) is 5.71. The van der Waals surface area contributed by atoms with E-state index in [2.05, 4.69) is 23.6 Å². The molecule has 1 aliphatic heterocycles. The zero-order chi connectivity index (χ0) is 29.2. The second kappa shape index (κ2) is 15.1. The number of carbonyl (C=O) groups excluding carboxylic acids is 2. The summed E-state index contributed by atoms with van der Waals surface area (Å²) in [5.41, 5.74) is 3.23. The molecule has 1 heterocycles. The van der Waals surface area contributed by atoms with E-state index < -0.39 is 18.2 Å². The normalized spacial score (nSPS) is 25.8. The topological polar surface area (TPSA) is 100 Å². The first-order chi connectivity index (χ1) is 19.9. The van der Waals surface area contributed by atoms with Crippen LogP contribution in [0.3, 0.4) is 0 Å². The lowest BCUT2D eigenvalue weighted by molar-refractivity contribution is -0.139. The first kappa shape index (κ1) is 30.8. The summed E-state index contributed by atoms with van der Waals surface area (Å²) in [4.78, 5) is 28.3. The molecule has 0 fully saturated rings. The zero-order valence-electron chi connectivity index (χ0n) is 24.6. The van der Waals surface area contributed by atoms with Crippen LogP contribution in [0.15, 0.2) is 60.7 Å². The van der Waals surface area contributed by atoms with Crippen LogP contribution in [0.4, 0.5) is 0 Å². The van der Waals surface area contributed by atoms with Crippen molar-refractivity contribution in [2.75, 3.05) is 27.3 Å². The third-order valence-corrected chi connectivity index (χ3v) is 8.21. The van der Waals surface area contributed by atoms with Crippen LogP contribution >= 0.6 is 0 Å². The molecule has 5 atom stereocenters. The lowest BCUT2D eigenvalue weighted by atomic mass is 9.99. The molecule has 4 rings (SSSR count). The summed E-state index contributed by atoms with van der Waals surface area (Å²) in [5.74, 6) is 0.459. The fraction of sp³-hybridized carbons (Fsp3) is 0.515. The molecule has 2 bridgehead atoms. The maximum atomic E-state index is 13.7. The number of ether oxygens (including phenoxy) is 2. The average Bonchev–Trinajstić information content (AvgIpc) is 3.33. The molecule has 0 saturated carbocycles. The van der Waals surface area contributed by atoms with Gasteiger partial charge in [-0.2, -0.15) is 0 Å². The van der Waals surface area contributed by atoms with Gasteiger partial charge in [0.1, 0.15) is 11.8 Å². The standard InChI is InChI=1S/C33H45N3O5/c1-4-5-7-15-32(38)36(2)29-14-10-11-18-41-31-21-27(26-20-24(40-3)16-17-25(26)31)34-22-30(37)28(35-33(29)39)19-23-12-8-6-9-13-23/h6,8-13,16-17,20,27-31,34,37H,4-5,7,14-15,18-19,21-22H2,1-3H3,(H,35,39)/b11-10-/t27-,28-,29-,30+,31+/m0/s1. The third kappa shape index (κ3) is 8.18. The zero-order valence-corrected chi connectivity index (χ0v) is 24.6. The summed E-state index contributed by atoms with van der Waals surface area (Å²) in [6, 6.07) is 14.6. The van der Waals surface area contributed by atoms with Crippen LogP contribution in [0.5, 0.6) is 5.75 Å². The highest BCUT2D eigenvalue weighted by atomic mass is 16.5. The van der Waals surface area contributed by atoms with E-state index in [4.69, 9.17) is 9.47 Å². The van der Waals surface area contributed by atoms with Gasteiger partial charge in [-0.05, 0) is 54.5 Å². The number of amides is 2. The lowest BCUT2D eigenvalue weighted by Gasteiger charge is -2.31. The molecule has 0 saturated heterocycles. The summed E-state index contributed by atoms with van der Waals surface area (Å²) in [5, 5.41) is 18.1. The molecule has 2 aromatic rings. The van der Waals surface area contributed by atoms with Crippen LogP contribution in [-0.2, 0) is 20.7 Å². The highest BCUT2D eigenvalue weighted by molar-refractivity contribution is 5.88. The van der Waals surface area contributed by atoms with Crippen molar-refractivity contribution >= 4 is 11.8 Å². The smallest absolute Gasteiger partial charge is 0.243 e. The molecule has 8 nitrogen and oxygen atoms in total. The van der Waals surface area contributed by atoms with Crippen molar-refractivity contribution in [1.82, 2.24) is 15.5 Å². The van der Waals surface area contributed by atoms with Crippen LogP contribution in [-0.4, -0.2) is 67.3 Å². The second-order valence-corrected chi connectivity index (χ2v) is 11.1. The monoisotopic (exact) mass is 563 g/mol. The molecule has 2 amide bonds. The van der Waals surface area contributed by atoms with E-state index in [1.807, 2.05) is 54.6 Å². The minimum absolute atomic E-state index is 0.0263. The number of hydrogen-bond acceptors (Lipinski definition) is 6. The van der Waals surface area contributed by atoms with Crippen molar-refractivity contribution in [2.45, 2.75) is 82.2 Å². The van der Waals surface area contributed by atoms with Crippen molar-refractivity contribution in [1.29, 1.82) is 0 Å². The maximum Gasteiger partial charge on any atom is 0.243 e. The van der Waals surface area contributed by atoms with Crippen molar-refractivity contribution in [3.05, 3.63) is 77.4 Å². The SMILES string of the molecule is CCCCCC(=O)N(C)[C@H]1C/C=C\CO[C@@H]2C[C@H](NC[C@@H](O)[C@H](Cc3ccccc3)NC1=O)c1cc(OC)ccc12. The number of nitrogens with zero attached hydrogens (tertiary/aromatic N) is 1. The van der Waals surface area contributed by atoms with Gasteiger partial charge in [-0.3, -0.25) is 9.59 Å². The Bertz CT molecular complexity index is 1170. The number of hydrogen-bond donors (Lipinski definition) is 3. The van der Waals surface area contributed by atoms with Crippen LogP contribution in [0, 0.1) is 0 Å². The first-order valence-electron chi connectivity index (χ1n) is 14.9. The number of nitrogens with one attached hydrogen (secondary N) is 2. The molecule has 0 radical (unpaired) electrons. The third-order valence-electron chi connectivity index (χ3n) is 8.21. The molecule has 3 N–H and O–H groups in total. The van der Waals surface area contributed by atoms with Crippen LogP contribution in [0.1, 0.15) is 74.3 Å². The number of unbranched alkanes of at least 4 members (excludes halogenated alkanes) is 2. The fourth-order valence-electron chi connectivity index (χ4n) is 5.71. The van der Waals surface area contributed by atoms with Crippen molar-refractivity contribution in [3.63, 3.8) is 0 Å². The molecule has 8 heteroatoms. The molecule has 2 aliphatic rings. The van der Waals surface area contributed by atoms with Gasteiger partial charge < -0.3 is 30.1 Å². The van der Waals surface area contributed by atoms with Gasteiger partial charge in [0.15, 0.2) is 0 Å². The number of aliphatic hydroxyl groups is 1. The van der Waals surface area contributed by atoms with Crippen molar-refractivity contribution < 1.29 is 24.2 Å². The summed E-state index contributed by atoms with van der Waals surface area (Å²) in [7, 11) is 3.35. The number of aliphatic hydroxyl groups excluding tert-OH is 1. The minimum Gasteiger partial charge on any atom is -0.497 e. The largest absolute Gasteiger partial charge is 0.497 e. The summed E-state index contributed by atoms with van der Waals surface area (Å²) >= 11 is 0. The predicted octanol–water partition coefficient (Wildman–Crippen LogP) is 4.24. The molecular weight excluding hydrogens is 518 g/mol. The molecular formula is C33H45N3O5.